The van der Waals surface area contributed by atoms with Gasteiger partial charge < -0.3 is 5.32 Å². The van der Waals surface area contributed by atoms with Gasteiger partial charge in [-0.2, -0.15) is 0 Å². The molecule has 1 heterocycles. The molecule has 0 saturated heterocycles. The molecule has 0 bridgehead atoms. The molecule has 1 atom stereocenters. The van der Waals surface area contributed by atoms with Gasteiger partial charge in [-0.3, -0.25) is 9.59 Å². The number of thiazole rings is 1. The summed E-state index contributed by atoms with van der Waals surface area (Å²) in [5, 5.41) is 3.43. The number of nitrogens with one attached hydrogen (secondary N) is 1. The zero-order valence-corrected chi connectivity index (χ0v) is 12.7. The number of aromatic nitrogens is 1. The molecule has 4 nitrogen and oxygen atoms in total. The van der Waals surface area contributed by atoms with Crippen molar-refractivity contribution < 1.29 is 9.59 Å². The molecule has 3 rings (SSSR count). The summed E-state index contributed by atoms with van der Waals surface area (Å²) in [7, 11) is 0. The quantitative estimate of drug-likeness (QED) is 0.942. The summed E-state index contributed by atoms with van der Waals surface area (Å²) in [6.07, 6.45) is 2.03. The van der Waals surface area contributed by atoms with Gasteiger partial charge in [-0.05, 0) is 11.5 Å². The van der Waals surface area contributed by atoms with Crippen LogP contribution in [0.25, 0.3) is 0 Å². The highest BCUT2D eigenvalue weighted by molar-refractivity contribution is 7.15. The fraction of sp³-hybridized carbons (Fsp3) is 0.312. The number of fused-ring (bicyclic) bond motifs is 1. The molecule has 1 aliphatic rings. The summed E-state index contributed by atoms with van der Waals surface area (Å²) in [6, 6.07) is 7.32. The first-order valence-electron chi connectivity index (χ1n) is 6.95. The Labute approximate surface area is 127 Å². The molecular weight excluding hydrogens is 284 g/mol. The SMILES string of the molecule is CC(C)c1cnc(NC(=O)C2CC(=O)c3ccccc32)s1. The maximum absolute atomic E-state index is 12.4. The highest BCUT2D eigenvalue weighted by atomic mass is 32.1. The third kappa shape index (κ3) is 2.61. The van der Waals surface area contributed by atoms with E-state index in [9.17, 15) is 9.59 Å². The van der Waals surface area contributed by atoms with Crippen LogP contribution in [0.4, 0.5) is 5.13 Å². The number of hydrogen-bond acceptors (Lipinski definition) is 4. The second-order valence-electron chi connectivity index (χ2n) is 5.48. The van der Waals surface area contributed by atoms with Gasteiger partial charge in [0.2, 0.25) is 5.91 Å². The largest absolute Gasteiger partial charge is 0.301 e. The normalized spacial score (nSPS) is 17.1. The van der Waals surface area contributed by atoms with Crippen LogP contribution in [0.2, 0.25) is 0 Å². The van der Waals surface area contributed by atoms with Gasteiger partial charge in [0.1, 0.15) is 0 Å². The maximum atomic E-state index is 12.4. The van der Waals surface area contributed by atoms with Gasteiger partial charge in [0.25, 0.3) is 0 Å². The average molecular weight is 300 g/mol. The van der Waals surface area contributed by atoms with Gasteiger partial charge in [-0.1, -0.05) is 38.1 Å². The Morgan fingerprint density at radius 3 is 2.86 bits per heavy atom. The monoisotopic (exact) mass is 300 g/mol. The van der Waals surface area contributed by atoms with Gasteiger partial charge in [-0.25, -0.2) is 4.98 Å². The van der Waals surface area contributed by atoms with Crippen LogP contribution in [0, 0.1) is 0 Å². The van der Waals surface area contributed by atoms with E-state index in [-0.39, 0.29) is 18.1 Å². The number of carbonyl (C=O) groups excluding carboxylic acids is 2. The smallest absolute Gasteiger partial charge is 0.234 e. The lowest BCUT2D eigenvalue weighted by Crippen LogP contribution is -2.19. The Morgan fingerprint density at radius 2 is 2.14 bits per heavy atom. The minimum absolute atomic E-state index is 0.0350. The van der Waals surface area contributed by atoms with Crippen LogP contribution in [-0.2, 0) is 4.79 Å². The van der Waals surface area contributed by atoms with Crippen molar-refractivity contribution in [3.8, 4) is 0 Å². The van der Waals surface area contributed by atoms with Gasteiger partial charge in [0, 0.05) is 23.1 Å². The number of ketones is 1. The fourth-order valence-electron chi connectivity index (χ4n) is 2.50. The number of Topliss-reactive ketones (excluding diaryl/α,β-unsaturated/α-hetero) is 1. The molecule has 1 amide bonds. The van der Waals surface area contributed by atoms with E-state index in [4.69, 9.17) is 0 Å². The molecule has 2 aromatic rings. The number of amides is 1. The van der Waals surface area contributed by atoms with Crippen LogP contribution in [-0.4, -0.2) is 16.7 Å². The lowest BCUT2D eigenvalue weighted by molar-refractivity contribution is -0.117. The lowest BCUT2D eigenvalue weighted by Gasteiger charge is -2.09. The Bertz CT molecular complexity index is 706. The zero-order chi connectivity index (χ0) is 15.0. The molecule has 0 fully saturated rings. The molecule has 1 aromatic heterocycles. The van der Waals surface area contributed by atoms with Crippen LogP contribution in [0.3, 0.4) is 0 Å². The Balaban J connectivity index is 1.79. The predicted molar refractivity (Wildman–Crippen MR) is 83.0 cm³/mol. The predicted octanol–water partition coefficient (Wildman–Crippen LogP) is 3.58. The van der Waals surface area contributed by atoms with Crippen LogP contribution in [0.15, 0.2) is 30.5 Å². The minimum Gasteiger partial charge on any atom is -0.301 e. The molecule has 0 radical (unpaired) electrons. The summed E-state index contributed by atoms with van der Waals surface area (Å²) >= 11 is 1.48. The Morgan fingerprint density at radius 1 is 1.38 bits per heavy atom. The molecule has 1 unspecified atom stereocenters. The Hall–Kier alpha value is -2.01. The molecule has 108 valence electrons. The van der Waals surface area contributed by atoms with E-state index in [1.165, 1.54) is 11.3 Å². The van der Waals surface area contributed by atoms with Gasteiger partial charge in [0.05, 0.1) is 5.92 Å². The van der Waals surface area contributed by atoms with E-state index in [0.29, 0.717) is 16.6 Å². The number of benzene rings is 1. The number of rotatable bonds is 3. The van der Waals surface area contributed by atoms with E-state index in [2.05, 4.69) is 24.1 Å². The summed E-state index contributed by atoms with van der Waals surface area (Å²) in [6.45, 7) is 4.18. The van der Waals surface area contributed by atoms with Crippen molar-refractivity contribution in [3.05, 3.63) is 46.5 Å². The summed E-state index contributed by atoms with van der Waals surface area (Å²) in [4.78, 5) is 29.7. The lowest BCUT2D eigenvalue weighted by atomic mass is 10.0. The number of anilines is 1. The Kier molecular flexibility index (Phi) is 3.59. The van der Waals surface area contributed by atoms with Crippen LogP contribution >= 0.6 is 11.3 Å². The summed E-state index contributed by atoms with van der Waals surface area (Å²) in [5.74, 6) is -0.132. The molecule has 21 heavy (non-hydrogen) atoms. The van der Waals surface area contributed by atoms with Crippen molar-refractivity contribution >= 4 is 28.2 Å². The van der Waals surface area contributed by atoms with E-state index in [1.54, 1.807) is 12.3 Å². The molecule has 1 aliphatic carbocycles. The first-order valence-corrected chi connectivity index (χ1v) is 7.76. The maximum Gasteiger partial charge on any atom is 0.234 e. The third-order valence-electron chi connectivity index (χ3n) is 3.67. The van der Waals surface area contributed by atoms with E-state index < -0.39 is 5.92 Å². The standard InChI is InChI=1S/C16H16N2O2S/c1-9(2)14-8-17-16(21-14)18-15(20)12-7-13(19)11-6-4-3-5-10(11)12/h3-6,8-9,12H,7H2,1-2H3,(H,17,18,20). The van der Waals surface area contributed by atoms with Crippen molar-refractivity contribution in [1.29, 1.82) is 0 Å². The molecule has 1 aromatic carbocycles. The van der Waals surface area contributed by atoms with Gasteiger partial charge in [0.15, 0.2) is 10.9 Å². The first kappa shape index (κ1) is 13.9. The van der Waals surface area contributed by atoms with Crippen LogP contribution in [0.1, 0.15) is 52.9 Å². The topological polar surface area (TPSA) is 59.1 Å². The van der Waals surface area contributed by atoms with E-state index in [1.807, 2.05) is 18.2 Å². The molecular formula is C16H16N2O2S. The number of nitrogens with zero attached hydrogens (tertiary/aromatic N) is 1. The van der Waals surface area contributed by atoms with Crippen LogP contribution < -0.4 is 5.32 Å². The highest BCUT2D eigenvalue weighted by Crippen LogP contribution is 2.34. The van der Waals surface area contributed by atoms with E-state index >= 15 is 0 Å². The zero-order valence-electron chi connectivity index (χ0n) is 11.9. The molecule has 1 N–H and O–H groups in total. The second kappa shape index (κ2) is 5.41. The number of hydrogen-bond donors (Lipinski definition) is 1. The number of carbonyl (C=O) groups is 2. The first-order chi connectivity index (χ1) is 10.1. The minimum atomic E-state index is -0.403. The molecule has 0 spiro atoms. The molecule has 0 saturated carbocycles. The van der Waals surface area contributed by atoms with E-state index in [0.717, 1.165) is 10.4 Å². The van der Waals surface area contributed by atoms with Crippen molar-refractivity contribution in [1.82, 2.24) is 4.98 Å². The second-order valence-corrected chi connectivity index (χ2v) is 6.54. The van der Waals surface area contributed by atoms with Crippen molar-refractivity contribution in [3.63, 3.8) is 0 Å². The molecule has 5 heteroatoms. The van der Waals surface area contributed by atoms with Gasteiger partial charge >= 0.3 is 0 Å². The highest BCUT2D eigenvalue weighted by Gasteiger charge is 2.34. The third-order valence-corrected chi connectivity index (χ3v) is 4.88. The van der Waals surface area contributed by atoms with Gasteiger partial charge in [-0.15, -0.1) is 11.3 Å². The van der Waals surface area contributed by atoms with Crippen molar-refractivity contribution in [2.75, 3.05) is 5.32 Å². The average Bonchev–Trinajstić information content (AvgIpc) is 3.05. The molecule has 0 aliphatic heterocycles. The van der Waals surface area contributed by atoms with Crippen LogP contribution in [0.5, 0.6) is 0 Å². The summed E-state index contributed by atoms with van der Waals surface area (Å²) < 4.78 is 0. The van der Waals surface area contributed by atoms with Crippen molar-refractivity contribution in [2.45, 2.75) is 32.1 Å². The van der Waals surface area contributed by atoms with Crippen molar-refractivity contribution in [2.24, 2.45) is 0 Å². The fourth-order valence-corrected chi connectivity index (χ4v) is 3.32. The summed E-state index contributed by atoms with van der Waals surface area (Å²) in [5.41, 5.74) is 1.49.